The van der Waals surface area contributed by atoms with E-state index in [1.165, 1.54) is 24.1 Å². The van der Waals surface area contributed by atoms with E-state index in [1.54, 1.807) is 31.2 Å². The smallest absolute Gasteiger partial charge is 0.337 e. The second-order valence-corrected chi connectivity index (χ2v) is 7.57. The molecular formula is C19H16BrFN2O4. The van der Waals surface area contributed by atoms with Crippen molar-refractivity contribution in [3.05, 3.63) is 57.8 Å². The Balaban J connectivity index is 1.77. The van der Waals surface area contributed by atoms with E-state index in [1.807, 2.05) is 0 Å². The van der Waals surface area contributed by atoms with Crippen LogP contribution in [0.4, 0.5) is 14.9 Å². The number of ether oxygens (including phenoxy) is 2. The number of halogens is 2. The number of benzene rings is 2. The van der Waals surface area contributed by atoms with Crippen LogP contribution >= 0.6 is 15.9 Å². The van der Waals surface area contributed by atoms with Crippen LogP contribution in [0, 0.1) is 5.82 Å². The molecule has 4 rings (SSSR count). The lowest BCUT2D eigenvalue weighted by Crippen LogP contribution is -2.65. The summed E-state index contributed by atoms with van der Waals surface area (Å²) in [6.45, 7) is 1.75. The van der Waals surface area contributed by atoms with E-state index in [4.69, 9.17) is 9.47 Å². The number of rotatable bonds is 2. The van der Waals surface area contributed by atoms with Gasteiger partial charge in [0.1, 0.15) is 11.6 Å². The predicted octanol–water partition coefficient (Wildman–Crippen LogP) is 4.14. The summed E-state index contributed by atoms with van der Waals surface area (Å²) in [6, 6.07) is 8.60. The van der Waals surface area contributed by atoms with Crippen LogP contribution in [0.3, 0.4) is 0 Å². The Bertz CT molecular complexity index is 967. The summed E-state index contributed by atoms with van der Waals surface area (Å²) in [4.78, 5) is 25.9. The highest BCUT2D eigenvalue weighted by atomic mass is 79.9. The lowest BCUT2D eigenvalue weighted by atomic mass is 9.89. The zero-order valence-electron chi connectivity index (χ0n) is 14.6. The predicted molar refractivity (Wildman–Crippen MR) is 99.3 cm³/mol. The van der Waals surface area contributed by atoms with Gasteiger partial charge >= 0.3 is 12.0 Å². The molecule has 1 fully saturated rings. The Morgan fingerprint density at radius 2 is 2.15 bits per heavy atom. The van der Waals surface area contributed by atoms with Crippen molar-refractivity contribution >= 4 is 33.6 Å². The van der Waals surface area contributed by atoms with Crippen molar-refractivity contribution in [2.75, 3.05) is 12.0 Å². The number of amides is 2. The minimum absolute atomic E-state index is 0.131. The maximum Gasteiger partial charge on any atom is 0.337 e. The zero-order valence-corrected chi connectivity index (χ0v) is 16.2. The summed E-state index contributed by atoms with van der Waals surface area (Å²) in [5.74, 6) is -0.467. The summed E-state index contributed by atoms with van der Waals surface area (Å²) in [7, 11) is 1.31. The number of esters is 1. The van der Waals surface area contributed by atoms with E-state index in [0.717, 1.165) is 0 Å². The Morgan fingerprint density at radius 3 is 2.85 bits per heavy atom. The Morgan fingerprint density at radius 1 is 1.37 bits per heavy atom. The van der Waals surface area contributed by atoms with Crippen molar-refractivity contribution in [2.45, 2.75) is 25.1 Å². The van der Waals surface area contributed by atoms with E-state index in [0.29, 0.717) is 27.8 Å². The van der Waals surface area contributed by atoms with E-state index in [9.17, 15) is 14.0 Å². The average molecular weight is 435 g/mol. The van der Waals surface area contributed by atoms with E-state index in [-0.39, 0.29) is 11.7 Å². The topological polar surface area (TPSA) is 67.9 Å². The van der Waals surface area contributed by atoms with Crippen LogP contribution in [0.2, 0.25) is 0 Å². The van der Waals surface area contributed by atoms with Crippen LogP contribution in [0.5, 0.6) is 5.75 Å². The highest BCUT2D eigenvalue weighted by molar-refractivity contribution is 9.10. The zero-order chi connectivity index (χ0) is 19.3. The molecule has 2 aromatic carbocycles. The number of hydrogen-bond donors (Lipinski definition) is 1. The highest BCUT2D eigenvalue weighted by Crippen LogP contribution is 2.46. The minimum Gasteiger partial charge on any atom is -0.467 e. The van der Waals surface area contributed by atoms with Crippen LogP contribution in [0.1, 0.15) is 35.3 Å². The lowest BCUT2D eigenvalue weighted by Gasteiger charge is -2.50. The maximum absolute atomic E-state index is 14.5. The molecular weight excluding hydrogens is 419 g/mol. The molecule has 2 aliphatic heterocycles. The molecule has 2 bridgehead atoms. The van der Waals surface area contributed by atoms with Crippen LogP contribution in [0.15, 0.2) is 40.9 Å². The first kappa shape index (κ1) is 17.8. The highest BCUT2D eigenvalue weighted by Gasteiger charge is 2.50. The third-order valence-electron chi connectivity index (χ3n) is 4.84. The van der Waals surface area contributed by atoms with Gasteiger partial charge in [0.05, 0.1) is 24.4 Å². The summed E-state index contributed by atoms with van der Waals surface area (Å²) in [5, 5.41) is 2.88. The first-order valence-electron chi connectivity index (χ1n) is 8.29. The van der Waals surface area contributed by atoms with Gasteiger partial charge in [-0.15, -0.1) is 0 Å². The molecule has 2 aromatic rings. The number of methoxy groups -OCH3 is 1. The standard InChI is InChI=1S/C19H16BrFN2O4/c1-19-9-14(12-7-10(17(24)26-2)3-6-16(12)27-19)22-18(25)23(19)15-5-4-11(20)8-13(15)21/h3-8,14H,9H2,1-2H3,(H,22,25)/t14-,19+/m1/s1. The van der Waals surface area contributed by atoms with Gasteiger partial charge in [-0.2, -0.15) is 0 Å². The number of hydrogen-bond acceptors (Lipinski definition) is 4. The van der Waals surface area contributed by atoms with Gasteiger partial charge in [0.15, 0.2) is 5.72 Å². The molecule has 2 amide bonds. The lowest BCUT2D eigenvalue weighted by molar-refractivity contribution is 0.0372. The number of carbonyl (C=O) groups is 2. The molecule has 0 aliphatic carbocycles. The number of carbonyl (C=O) groups excluding carboxylic acids is 2. The largest absolute Gasteiger partial charge is 0.467 e. The molecule has 2 aliphatic rings. The van der Waals surface area contributed by atoms with E-state index >= 15 is 0 Å². The summed E-state index contributed by atoms with van der Waals surface area (Å²) in [6.07, 6.45) is 0.395. The van der Waals surface area contributed by atoms with Gasteiger partial charge < -0.3 is 14.8 Å². The monoisotopic (exact) mass is 434 g/mol. The first-order chi connectivity index (χ1) is 12.8. The van der Waals surface area contributed by atoms with Crippen molar-refractivity contribution in [1.29, 1.82) is 0 Å². The molecule has 0 aromatic heterocycles. The van der Waals surface area contributed by atoms with Gasteiger partial charge in [0.25, 0.3) is 0 Å². The van der Waals surface area contributed by atoms with Gasteiger partial charge in [-0.05, 0) is 43.3 Å². The minimum atomic E-state index is -1.07. The number of fused-ring (bicyclic) bond motifs is 4. The van der Waals surface area contributed by atoms with Gasteiger partial charge in [-0.25, -0.2) is 14.0 Å². The quantitative estimate of drug-likeness (QED) is 0.721. The fourth-order valence-electron chi connectivity index (χ4n) is 3.65. The third-order valence-corrected chi connectivity index (χ3v) is 5.34. The third kappa shape index (κ3) is 2.84. The molecule has 140 valence electrons. The van der Waals surface area contributed by atoms with Crippen molar-refractivity contribution in [1.82, 2.24) is 5.32 Å². The average Bonchev–Trinajstić information content (AvgIpc) is 2.62. The van der Waals surface area contributed by atoms with Crippen molar-refractivity contribution < 1.29 is 23.5 Å². The van der Waals surface area contributed by atoms with Crippen molar-refractivity contribution in [3.8, 4) is 5.75 Å². The summed E-state index contributed by atoms with van der Waals surface area (Å²) >= 11 is 3.22. The van der Waals surface area contributed by atoms with Crippen molar-refractivity contribution in [3.63, 3.8) is 0 Å². The molecule has 8 heteroatoms. The van der Waals surface area contributed by atoms with Gasteiger partial charge in [-0.1, -0.05) is 15.9 Å². The second-order valence-electron chi connectivity index (χ2n) is 6.66. The normalized spacial score (nSPS) is 23.2. The molecule has 2 atom stereocenters. The van der Waals surface area contributed by atoms with E-state index < -0.39 is 23.5 Å². The molecule has 0 saturated carbocycles. The number of anilines is 1. The Labute approximate surface area is 163 Å². The number of urea groups is 1. The van der Waals surface area contributed by atoms with Crippen LogP contribution in [-0.2, 0) is 4.74 Å². The Kier molecular flexibility index (Phi) is 4.10. The van der Waals surface area contributed by atoms with Crippen LogP contribution < -0.4 is 15.0 Å². The first-order valence-corrected chi connectivity index (χ1v) is 9.09. The molecule has 0 spiro atoms. The molecule has 1 N–H and O–H groups in total. The summed E-state index contributed by atoms with van der Waals surface area (Å²) < 4.78 is 26.0. The fraction of sp³-hybridized carbons (Fsp3) is 0.263. The van der Waals surface area contributed by atoms with Gasteiger partial charge in [0.2, 0.25) is 0 Å². The fourth-order valence-corrected chi connectivity index (χ4v) is 3.98. The Hall–Kier alpha value is -2.61. The van der Waals surface area contributed by atoms with Crippen LogP contribution in [-0.4, -0.2) is 24.8 Å². The van der Waals surface area contributed by atoms with E-state index in [2.05, 4.69) is 21.2 Å². The SMILES string of the molecule is COC(=O)c1ccc2c(c1)[C@H]1C[C@](C)(O2)N(c2ccc(Br)cc2F)C(=O)N1. The molecule has 27 heavy (non-hydrogen) atoms. The molecule has 0 radical (unpaired) electrons. The second kappa shape index (κ2) is 6.23. The molecule has 2 heterocycles. The molecule has 6 nitrogen and oxygen atoms in total. The molecule has 1 saturated heterocycles. The number of nitrogens with one attached hydrogen (secondary N) is 1. The van der Waals surface area contributed by atoms with Gasteiger partial charge in [-0.3, -0.25) is 4.90 Å². The number of nitrogens with zero attached hydrogens (tertiary/aromatic N) is 1. The van der Waals surface area contributed by atoms with Crippen molar-refractivity contribution in [2.24, 2.45) is 0 Å². The molecule has 0 unspecified atom stereocenters. The van der Waals surface area contributed by atoms with Crippen LogP contribution in [0.25, 0.3) is 0 Å². The van der Waals surface area contributed by atoms with Gasteiger partial charge in [0, 0.05) is 16.5 Å². The maximum atomic E-state index is 14.5. The summed E-state index contributed by atoms with van der Waals surface area (Å²) in [5.41, 5.74) is 0.131.